The number of fused-ring (bicyclic) bond motifs is 1. The molecule has 1 aliphatic rings. The van der Waals surface area contributed by atoms with Crippen molar-refractivity contribution in [3.05, 3.63) is 18.2 Å². The Kier molecular flexibility index (Phi) is 2.67. The summed E-state index contributed by atoms with van der Waals surface area (Å²) in [5.74, 6) is 0. The number of anilines is 2. The lowest BCUT2D eigenvalue weighted by atomic mass is 10.0. The lowest BCUT2D eigenvalue weighted by Gasteiger charge is -2.35. The van der Waals surface area contributed by atoms with Crippen LogP contribution in [0.15, 0.2) is 18.2 Å². The van der Waals surface area contributed by atoms with Crippen LogP contribution in [-0.2, 0) is 0 Å². The predicted octanol–water partition coefficient (Wildman–Crippen LogP) is 3.26. The molecule has 1 saturated heterocycles. The molecule has 3 rings (SSSR count). The lowest BCUT2D eigenvalue weighted by molar-refractivity contribution is 0.485. The number of rotatable bonds is 1. The van der Waals surface area contributed by atoms with Gasteiger partial charge < -0.3 is 10.6 Å². The monoisotopic (exact) mass is 247 g/mol. The number of nitrogen functional groups attached to an aromatic ring is 1. The van der Waals surface area contributed by atoms with Gasteiger partial charge in [-0.3, -0.25) is 0 Å². The van der Waals surface area contributed by atoms with E-state index in [0.29, 0.717) is 11.2 Å². The fourth-order valence-electron chi connectivity index (χ4n) is 2.59. The summed E-state index contributed by atoms with van der Waals surface area (Å²) in [6, 6.07) is 7.12. The van der Waals surface area contributed by atoms with Gasteiger partial charge in [0.1, 0.15) is 0 Å². The predicted molar refractivity (Wildman–Crippen MR) is 74.7 cm³/mol. The van der Waals surface area contributed by atoms with Gasteiger partial charge >= 0.3 is 0 Å². The van der Waals surface area contributed by atoms with Crippen LogP contribution in [0.2, 0.25) is 0 Å². The first-order valence-corrected chi connectivity index (χ1v) is 6.98. The van der Waals surface area contributed by atoms with Crippen molar-refractivity contribution in [3.8, 4) is 0 Å². The van der Waals surface area contributed by atoms with Crippen molar-refractivity contribution in [3.63, 3.8) is 0 Å². The van der Waals surface area contributed by atoms with E-state index in [4.69, 9.17) is 5.73 Å². The van der Waals surface area contributed by atoms with Gasteiger partial charge in [-0.05, 0) is 44.4 Å². The summed E-state index contributed by atoms with van der Waals surface area (Å²) in [5.41, 5.74) is 8.07. The molecular formula is C13H17N3S. The van der Waals surface area contributed by atoms with Gasteiger partial charge in [0.25, 0.3) is 0 Å². The standard InChI is InChI=1S/C13H17N3S/c1-9-4-2-3-7-16(9)10-5-6-11-12(8-10)17-13(14)15-11/h5-6,8-9H,2-4,7H2,1H3,(H2,14,15)/t9-/m0/s1. The Labute approximate surface area is 105 Å². The molecule has 1 aliphatic heterocycles. The molecule has 1 atom stereocenters. The first-order chi connectivity index (χ1) is 8.24. The fourth-order valence-corrected chi connectivity index (χ4v) is 3.36. The van der Waals surface area contributed by atoms with Crippen LogP contribution in [0.4, 0.5) is 10.8 Å². The van der Waals surface area contributed by atoms with Crippen molar-refractivity contribution in [2.75, 3.05) is 17.2 Å². The molecule has 0 spiro atoms. The van der Waals surface area contributed by atoms with Crippen molar-refractivity contribution in [1.82, 2.24) is 4.98 Å². The van der Waals surface area contributed by atoms with E-state index in [2.05, 4.69) is 35.0 Å². The van der Waals surface area contributed by atoms with Crippen LogP contribution in [0.25, 0.3) is 10.2 Å². The van der Waals surface area contributed by atoms with Crippen LogP contribution in [0.3, 0.4) is 0 Å². The molecule has 17 heavy (non-hydrogen) atoms. The van der Waals surface area contributed by atoms with E-state index < -0.39 is 0 Å². The molecule has 1 fully saturated rings. The topological polar surface area (TPSA) is 42.2 Å². The highest BCUT2D eigenvalue weighted by atomic mass is 32.1. The summed E-state index contributed by atoms with van der Waals surface area (Å²) < 4.78 is 1.19. The summed E-state index contributed by atoms with van der Waals surface area (Å²) in [6.07, 6.45) is 3.95. The smallest absolute Gasteiger partial charge is 0.181 e. The summed E-state index contributed by atoms with van der Waals surface area (Å²) >= 11 is 1.57. The average Bonchev–Trinajstić information content (AvgIpc) is 2.68. The zero-order valence-electron chi connectivity index (χ0n) is 10.0. The van der Waals surface area contributed by atoms with Gasteiger partial charge in [-0.15, -0.1) is 0 Å². The second-order valence-corrected chi connectivity index (χ2v) is 5.80. The van der Waals surface area contributed by atoms with Crippen LogP contribution in [0.1, 0.15) is 26.2 Å². The maximum atomic E-state index is 5.74. The Hall–Kier alpha value is -1.29. The van der Waals surface area contributed by atoms with Gasteiger partial charge in [-0.25, -0.2) is 4.98 Å². The summed E-state index contributed by atoms with van der Waals surface area (Å²) in [7, 11) is 0. The number of nitrogens with two attached hydrogens (primary N) is 1. The number of benzene rings is 1. The molecule has 2 heterocycles. The Morgan fingerprint density at radius 3 is 3.12 bits per heavy atom. The third-order valence-electron chi connectivity index (χ3n) is 3.52. The van der Waals surface area contributed by atoms with Crippen LogP contribution in [0.5, 0.6) is 0 Å². The number of thiazole rings is 1. The average molecular weight is 247 g/mol. The van der Waals surface area contributed by atoms with Crippen LogP contribution >= 0.6 is 11.3 Å². The Bertz CT molecular complexity index is 534. The van der Waals surface area contributed by atoms with Crippen molar-refractivity contribution in [2.45, 2.75) is 32.2 Å². The Morgan fingerprint density at radius 1 is 1.41 bits per heavy atom. The molecule has 90 valence electrons. The Morgan fingerprint density at radius 2 is 2.29 bits per heavy atom. The maximum absolute atomic E-state index is 5.74. The van der Waals surface area contributed by atoms with Crippen LogP contribution in [-0.4, -0.2) is 17.6 Å². The van der Waals surface area contributed by atoms with Gasteiger partial charge in [-0.1, -0.05) is 11.3 Å². The normalized spacial score (nSPS) is 21.0. The molecule has 4 heteroatoms. The minimum absolute atomic E-state index is 0.645. The third-order valence-corrected chi connectivity index (χ3v) is 4.37. The molecule has 2 aromatic rings. The second kappa shape index (κ2) is 4.18. The van der Waals surface area contributed by atoms with Crippen molar-refractivity contribution in [2.24, 2.45) is 0 Å². The maximum Gasteiger partial charge on any atom is 0.181 e. The molecule has 0 bridgehead atoms. The zero-order valence-corrected chi connectivity index (χ0v) is 10.8. The van der Waals surface area contributed by atoms with Crippen molar-refractivity contribution >= 4 is 32.4 Å². The number of piperidine rings is 1. The second-order valence-electron chi connectivity index (χ2n) is 4.74. The molecule has 0 unspecified atom stereocenters. The van der Waals surface area contributed by atoms with E-state index >= 15 is 0 Å². The summed E-state index contributed by atoms with van der Waals surface area (Å²) in [4.78, 5) is 6.80. The minimum atomic E-state index is 0.645. The van der Waals surface area contributed by atoms with E-state index in [1.807, 2.05) is 0 Å². The van der Waals surface area contributed by atoms with Crippen LogP contribution in [0, 0.1) is 0 Å². The summed E-state index contributed by atoms with van der Waals surface area (Å²) in [5, 5.41) is 0.656. The number of hydrogen-bond acceptors (Lipinski definition) is 4. The molecular weight excluding hydrogens is 230 g/mol. The number of hydrogen-bond donors (Lipinski definition) is 1. The van der Waals surface area contributed by atoms with E-state index in [-0.39, 0.29) is 0 Å². The highest BCUT2D eigenvalue weighted by Crippen LogP contribution is 2.31. The molecule has 1 aromatic carbocycles. The Balaban J connectivity index is 1.98. The quantitative estimate of drug-likeness (QED) is 0.841. The molecule has 0 radical (unpaired) electrons. The van der Waals surface area contributed by atoms with E-state index in [0.717, 1.165) is 5.52 Å². The third kappa shape index (κ3) is 1.97. The molecule has 1 aromatic heterocycles. The van der Waals surface area contributed by atoms with Crippen LogP contribution < -0.4 is 10.6 Å². The van der Waals surface area contributed by atoms with Gasteiger partial charge in [0.15, 0.2) is 5.13 Å². The molecule has 3 nitrogen and oxygen atoms in total. The van der Waals surface area contributed by atoms with Gasteiger partial charge in [0.2, 0.25) is 0 Å². The SMILES string of the molecule is C[C@H]1CCCCN1c1ccc2nc(N)sc2c1. The van der Waals surface area contributed by atoms with Gasteiger partial charge in [0, 0.05) is 18.3 Å². The molecule has 0 amide bonds. The zero-order chi connectivity index (χ0) is 11.8. The van der Waals surface area contributed by atoms with Crippen molar-refractivity contribution < 1.29 is 0 Å². The van der Waals surface area contributed by atoms with Gasteiger partial charge in [-0.2, -0.15) is 0 Å². The first-order valence-electron chi connectivity index (χ1n) is 6.17. The van der Waals surface area contributed by atoms with Crippen molar-refractivity contribution in [1.29, 1.82) is 0 Å². The largest absolute Gasteiger partial charge is 0.375 e. The molecule has 0 saturated carbocycles. The lowest BCUT2D eigenvalue weighted by Crippen LogP contribution is -2.37. The first kappa shape index (κ1) is 10.8. The van der Waals surface area contributed by atoms with E-state index in [9.17, 15) is 0 Å². The number of aromatic nitrogens is 1. The minimum Gasteiger partial charge on any atom is -0.375 e. The van der Waals surface area contributed by atoms with E-state index in [1.165, 1.54) is 36.2 Å². The fraction of sp³-hybridized carbons (Fsp3) is 0.462. The summed E-state index contributed by atoms with van der Waals surface area (Å²) in [6.45, 7) is 3.48. The van der Waals surface area contributed by atoms with E-state index in [1.54, 1.807) is 11.3 Å². The highest BCUT2D eigenvalue weighted by Gasteiger charge is 2.18. The molecule has 2 N–H and O–H groups in total. The number of nitrogens with zero attached hydrogens (tertiary/aromatic N) is 2. The van der Waals surface area contributed by atoms with Gasteiger partial charge in [0.05, 0.1) is 10.2 Å². The highest BCUT2D eigenvalue weighted by molar-refractivity contribution is 7.22. The molecule has 0 aliphatic carbocycles.